The normalized spacial score (nSPS) is 29.4. The molecule has 0 bridgehead atoms. The van der Waals surface area contributed by atoms with Gasteiger partial charge in [0.15, 0.2) is 0 Å². The zero-order chi connectivity index (χ0) is 15.8. The standard InChI is InChI=1S/C18H21N3O2/c1-21-9-8-19-17(21)16-15(7-10-23-16)20-18(22)14-11-13(14)12-5-3-2-4-6-12/h2-6,8-9,13-16H,7,10-11H2,1H3,(H,20,22)/t13-,14-,15+,16+/m1/s1. The predicted octanol–water partition coefficient (Wildman–Crippen LogP) is 2.17. The van der Waals surface area contributed by atoms with E-state index in [2.05, 4.69) is 22.4 Å². The smallest absolute Gasteiger partial charge is 0.224 e. The van der Waals surface area contributed by atoms with E-state index in [0.29, 0.717) is 12.5 Å². The number of nitrogens with zero attached hydrogens (tertiary/aromatic N) is 2. The Bertz CT molecular complexity index is 697. The molecule has 5 nitrogen and oxygen atoms in total. The van der Waals surface area contributed by atoms with Crippen molar-refractivity contribution in [2.75, 3.05) is 6.61 Å². The fourth-order valence-corrected chi connectivity index (χ4v) is 3.49. The summed E-state index contributed by atoms with van der Waals surface area (Å²) >= 11 is 0. The van der Waals surface area contributed by atoms with E-state index in [9.17, 15) is 4.79 Å². The Kier molecular flexibility index (Phi) is 3.65. The average molecular weight is 311 g/mol. The molecule has 5 heteroatoms. The molecule has 2 aromatic rings. The predicted molar refractivity (Wildman–Crippen MR) is 85.7 cm³/mol. The lowest BCUT2D eigenvalue weighted by molar-refractivity contribution is -0.123. The number of imidazole rings is 1. The zero-order valence-electron chi connectivity index (χ0n) is 13.2. The van der Waals surface area contributed by atoms with E-state index in [4.69, 9.17) is 4.74 Å². The molecule has 2 aliphatic rings. The van der Waals surface area contributed by atoms with Crippen molar-refractivity contribution in [2.45, 2.75) is 30.9 Å². The summed E-state index contributed by atoms with van der Waals surface area (Å²) in [6.45, 7) is 0.662. The number of nitrogens with one attached hydrogen (secondary N) is 1. The molecule has 1 N–H and O–H groups in total. The minimum absolute atomic E-state index is 0.0145. The molecule has 1 aromatic carbocycles. The maximum Gasteiger partial charge on any atom is 0.224 e. The van der Waals surface area contributed by atoms with Gasteiger partial charge in [0, 0.05) is 32.0 Å². The number of carbonyl (C=O) groups excluding carboxylic acids is 1. The Morgan fingerprint density at radius 3 is 2.91 bits per heavy atom. The third kappa shape index (κ3) is 2.77. The molecule has 2 fully saturated rings. The molecule has 4 atom stereocenters. The molecule has 1 aromatic heterocycles. The van der Waals surface area contributed by atoms with Crippen LogP contribution in [0.2, 0.25) is 0 Å². The maximum absolute atomic E-state index is 12.6. The van der Waals surface area contributed by atoms with Gasteiger partial charge < -0.3 is 14.6 Å². The summed E-state index contributed by atoms with van der Waals surface area (Å²) in [5, 5.41) is 3.19. The highest BCUT2D eigenvalue weighted by molar-refractivity contribution is 5.83. The van der Waals surface area contributed by atoms with Crippen molar-refractivity contribution in [3.05, 3.63) is 54.1 Å². The molecule has 2 heterocycles. The van der Waals surface area contributed by atoms with Crippen LogP contribution in [-0.4, -0.2) is 28.1 Å². The molecule has 1 amide bonds. The lowest BCUT2D eigenvalue weighted by atomic mass is 10.1. The number of aromatic nitrogens is 2. The molecule has 0 unspecified atom stereocenters. The number of hydrogen-bond donors (Lipinski definition) is 1. The number of benzene rings is 1. The summed E-state index contributed by atoms with van der Waals surface area (Å²) in [7, 11) is 1.95. The Morgan fingerprint density at radius 1 is 1.35 bits per heavy atom. The molecule has 1 saturated heterocycles. The highest BCUT2D eigenvalue weighted by Crippen LogP contribution is 2.47. The van der Waals surface area contributed by atoms with E-state index in [-0.39, 0.29) is 24.0 Å². The van der Waals surface area contributed by atoms with E-state index in [1.807, 2.05) is 36.0 Å². The van der Waals surface area contributed by atoms with Crippen molar-refractivity contribution < 1.29 is 9.53 Å². The second kappa shape index (κ2) is 5.81. The Balaban J connectivity index is 1.40. The average Bonchev–Trinajstić information content (AvgIpc) is 3.08. The minimum atomic E-state index is -0.145. The van der Waals surface area contributed by atoms with Gasteiger partial charge in [-0.15, -0.1) is 0 Å². The van der Waals surface area contributed by atoms with Crippen LogP contribution in [0, 0.1) is 5.92 Å². The lowest BCUT2D eigenvalue weighted by Gasteiger charge is -2.19. The Labute approximate surface area is 135 Å². The fraction of sp³-hybridized carbons (Fsp3) is 0.444. The van der Waals surface area contributed by atoms with Crippen LogP contribution >= 0.6 is 0 Å². The lowest BCUT2D eigenvalue weighted by Crippen LogP contribution is -2.38. The summed E-state index contributed by atoms with van der Waals surface area (Å²) < 4.78 is 7.76. The second-order valence-electron chi connectivity index (χ2n) is 6.45. The molecule has 120 valence electrons. The van der Waals surface area contributed by atoms with Gasteiger partial charge in [0.25, 0.3) is 0 Å². The first-order valence-electron chi connectivity index (χ1n) is 8.18. The summed E-state index contributed by atoms with van der Waals surface area (Å²) in [6.07, 6.45) is 5.31. The van der Waals surface area contributed by atoms with Gasteiger partial charge in [-0.1, -0.05) is 30.3 Å². The van der Waals surface area contributed by atoms with Gasteiger partial charge >= 0.3 is 0 Å². The first-order valence-corrected chi connectivity index (χ1v) is 8.18. The van der Waals surface area contributed by atoms with Crippen LogP contribution in [0.25, 0.3) is 0 Å². The SMILES string of the molecule is Cn1ccnc1[C@H]1OCC[C@@H]1NC(=O)[C@@H]1C[C@@H]1c1ccccc1. The molecule has 4 rings (SSSR count). The molecular formula is C18H21N3O2. The van der Waals surface area contributed by atoms with Gasteiger partial charge in [-0.25, -0.2) is 4.98 Å². The molecule has 0 radical (unpaired) electrons. The molecule has 23 heavy (non-hydrogen) atoms. The van der Waals surface area contributed by atoms with Crippen LogP contribution in [0.3, 0.4) is 0 Å². The Morgan fingerprint density at radius 2 is 2.17 bits per heavy atom. The highest BCUT2D eigenvalue weighted by atomic mass is 16.5. The topological polar surface area (TPSA) is 56.1 Å². The fourth-order valence-electron chi connectivity index (χ4n) is 3.49. The van der Waals surface area contributed by atoms with Crippen LogP contribution in [-0.2, 0) is 16.6 Å². The van der Waals surface area contributed by atoms with Gasteiger partial charge in [-0.05, 0) is 24.3 Å². The number of rotatable bonds is 4. The summed E-state index contributed by atoms with van der Waals surface area (Å²) in [6, 6.07) is 10.3. The van der Waals surface area contributed by atoms with E-state index in [1.54, 1.807) is 6.20 Å². The molecule has 1 saturated carbocycles. The van der Waals surface area contributed by atoms with E-state index >= 15 is 0 Å². The monoisotopic (exact) mass is 311 g/mol. The van der Waals surface area contributed by atoms with Crippen molar-refractivity contribution in [3.63, 3.8) is 0 Å². The van der Waals surface area contributed by atoms with Gasteiger partial charge in [0.05, 0.1) is 6.04 Å². The van der Waals surface area contributed by atoms with Crippen LogP contribution in [0.5, 0.6) is 0 Å². The number of ether oxygens (including phenoxy) is 1. The van der Waals surface area contributed by atoms with Crippen LogP contribution in [0.15, 0.2) is 42.7 Å². The minimum Gasteiger partial charge on any atom is -0.368 e. The largest absolute Gasteiger partial charge is 0.368 e. The number of hydrogen-bond acceptors (Lipinski definition) is 3. The summed E-state index contributed by atoms with van der Waals surface area (Å²) in [4.78, 5) is 16.9. The van der Waals surface area contributed by atoms with Crippen LogP contribution < -0.4 is 5.32 Å². The van der Waals surface area contributed by atoms with Crippen molar-refractivity contribution in [1.29, 1.82) is 0 Å². The first-order chi connectivity index (χ1) is 11.2. The number of carbonyl (C=O) groups is 1. The van der Waals surface area contributed by atoms with Gasteiger partial charge in [-0.3, -0.25) is 4.79 Å². The maximum atomic E-state index is 12.6. The molecular weight excluding hydrogens is 290 g/mol. The summed E-state index contributed by atoms with van der Waals surface area (Å²) in [5.74, 6) is 1.49. The van der Waals surface area contributed by atoms with Crippen LogP contribution in [0.1, 0.15) is 36.3 Å². The number of aryl methyl sites for hydroxylation is 1. The van der Waals surface area contributed by atoms with Crippen LogP contribution in [0.4, 0.5) is 0 Å². The van der Waals surface area contributed by atoms with Crippen molar-refractivity contribution in [1.82, 2.24) is 14.9 Å². The van der Waals surface area contributed by atoms with E-state index in [1.165, 1.54) is 5.56 Å². The van der Waals surface area contributed by atoms with Gasteiger partial charge in [-0.2, -0.15) is 0 Å². The highest BCUT2D eigenvalue weighted by Gasteiger charge is 2.45. The molecule has 1 aliphatic heterocycles. The summed E-state index contributed by atoms with van der Waals surface area (Å²) in [5.41, 5.74) is 1.26. The third-order valence-corrected chi connectivity index (χ3v) is 4.89. The van der Waals surface area contributed by atoms with E-state index in [0.717, 1.165) is 18.7 Å². The molecule has 0 spiro atoms. The Hall–Kier alpha value is -2.14. The van der Waals surface area contributed by atoms with Crippen molar-refractivity contribution in [2.24, 2.45) is 13.0 Å². The van der Waals surface area contributed by atoms with Gasteiger partial charge in [0.2, 0.25) is 5.91 Å². The number of amides is 1. The van der Waals surface area contributed by atoms with E-state index < -0.39 is 0 Å². The van der Waals surface area contributed by atoms with Crippen molar-refractivity contribution in [3.8, 4) is 0 Å². The quantitative estimate of drug-likeness (QED) is 0.941. The third-order valence-electron chi connectivity index (χ3n) is 4.89. The molecule has 1 aliphatic carbocycles. The second-order valence-corrected chi connectivity index (χ2v) is 6.45. The van der Waals surface area contributed by atoms with Crippen molar-refractivity contribution >= 4 is 5.91 Å². The van der Waals surface area contributed by atoms with Gasteiger partial charge in [0.1, 0.15) is 11.9 Å². The zero-order valence-corrected chi connectivity index (χ0v) is 13.2. The first kappa shape index (κ1) is 14.5.